The Morgan fingerprint density at radius 1 is 1.16 bits per heavy atom. The first-order valence-electron chi connectivity index (χ1n) is 9.40. The molecule has 0 aliphatic carbocycles. The summed E-state index contributed by atoms with van der Waals surface area (Å²) < 4.78 is 39.5. The van der Waals surface area contributed by atoms with Gasteiger partial charge in [-0.1, -0.05) is 6.07 Å². The molecular formula is C19H20N6O5S. The van der Waals surface area contributed by atoms with Gasteiger partial charge < -0.3 is 14.8 Å². The average molecular weight is 444 g/mol. The second-order valence-electron chi connectivity index (χ2n) is 6.64. The van der Waals surface area contributed by atoms with Gasteiger partial charge in [0, 0.05) is 24.3 Å². The number of morpholine rings is 1. The van der Waals surface area contributed by atoms with Crippen molar-refractivity contribution >= 4 is 21.6 Å². The zero-order valence-corrected chi connectivity index (χ0v) is 17.4. The molecule has 1 aliphatic heterocycles. The van der Waals surface area contributed by atoms with Gasteiger partial charge in [-0.05, 0) is 46.8 Å². The number of carbonyl (C=O) groups excluding carboxylic acids is 1. The van der Waals surface area contributed by atoms with Gasteiger partial charge in [0.15, 0.2) is 0 Å². The number of nitrogens with one attached hydrogen (secondary N) is 1. The van der Waals surface area contributed by atoms with Crippen LogP contribution in [0.4, 0.5) is 5.69 Å². The van der Waals surface area contributed by atoms with Crippen LogP contribution in [0.25, 0.3) is 5.69 Å². The lowest BCUT2D eigenvalue weighted by atomic mass is 10.2. The largest absolute Gasteiger partial charge is 0.495 e. The van der Waals surface area contributed by atoms with E-state index in [0.29, 0.717) is 30.2 Å². The summed E-state index contributed by atoms with van der Waals surface area (Å²) >= 11 is 0. The summed E-state index contributed by atoms with van der Waals surface area (Å²) in [6.45, 7) is 1.17. The molecule has 2 aromatic carbocycles. The quantitative estimate of drug-likeness (QED) is 0.595. The van der Waals surface area contributed by atoms with Crippen LogP contribution >= 0.6 is 0 Å². The van der Waals surface area contributed by atoms with Crippen LogP contribution < -0.4 is 10.1 Å². The van der Waals surface area contributed by atoms with Gasteiger partial charge in [-0.15, -0.1) is 5.10 Å². The Hall–Kier alpha value is -3.35. The zero-order valence-electron chi connectivity index (χ0n) is 16.6. The summed E-state index contributed by atoms with van der Waals surface area (Å²) in [5.41, 5.74) is 1.30. The van der Waals surface area contributed by atoms with Crippen LogP contribution in [0.1, 0.15) is 10.4 Å². The Labute approximate surface area is 178 Å². The van der Waals surface area contributed by atoms with Gasteiger partial charge >= 0.3 is 0 Å². The Bertz CT molecular complexity index is 1180. The third-order valence-corrected chi connectivity index (χ3v) is 6.65. The molecule has 1 N–H and O–H groups in total. The van der Waals surface area contributed by atoms with Crippen LogP contribution in [-0.4, -0.2) is 72.3 Å². The molecule has 1 saturated heterocycles. The number of sulfonamides is 1. The van der Waals surface area contributed by atoms with Crippen molar-refractivity contribution in [3.8, 4) is 11.4 Å². The molecule has 11 nitrogen and oxygen atoms in total. The molecule has 1 aliphatic rings. The van der Waals surface area contributed by atoms with Crippen molar-refractivity contribution in [2.75, 3.05) is 38.7 Å². The van der Waals surface area contributed by atoms with Crippen molar-refractivity contribution in [3.63, 3.8) is 0 Å². The molecule has 0 unspecified atom stereocenters. The number of ether oxygens (including phenoxy) is 2. The van der Waals surface area contributed by atoms with Gasteiger partial charge in [-0.3, -0.25) is 4.79 Å². The van der Waals surface area contributed by atoms with E-state index in [-0.39, 0.29) is 23.7 Å². The summed E-state index contributed by atoms with van der Waals surface area (Å²) in [7, 11) is -2.41. The fraction of sp³-hybridized carbons (Fsp3) is 0.263. The van der Waals surface area contributed by atoms with Gasteiger partial charge in [0.05, 0.1) is 26.0 Å². The van der Waals surface area contributed by atoms with E-state index in [2.05, 4.69) is 20.8 Å². The minimum Gasteiger partial charge on any atom is -0.495 e. The lowest BCUT2D eigenvalue weighted by Crippen LogP contribution is -2.40. The number of carbonyl (C=O) groups is 1. The zero-order chi connectivity index (χ0) is 21.8. The Morgan fingerprint density at radius 2 is 1.97 bits per heavy atom. The lowest BCUT2D eigenvalue weighted by Gasteiger charge is -2.26. The monoisotopic (exact) mass is 444 g/mol. The maximum absolute atomic E-state index is 13.1. The highest BCUT2D eigenvalue weighted by Gasteiger charge is 2.29. The topological polar surface area (TPSA) is 129 Å². The van der Waals surface area contributed by atoms with Crippen LogP contribution in [0.5, 0.6) is 5.75 Å². The molecule has 0 radical (unpaired) electrons. The number of hydrogen-bond acceptors (Lipinski definition) is 8. The number of amides is 1. The fourth-order valence-corrected chi connectivity index (χ4v) is 4.74. The van der Waals surface area contributed by atoms with E-state index in [9.17, 15) is 13.2 Å². The van der Waals surface area contributed by atoms with Crippen molar-refractivity contribution in [1.82, 2.24) is 24.5 Å². The third kappa shape index (κ3) is 4.40. The van der Waals surface area contributed by atoms with Crippen molar-refractivity contribution < 1.29 is 22.7 Å². The first-order chi connectivity index (χ1) is 15.0. The second kappa shape index (κ2) is 8.79. The Morgan fingerprint density at radius 3 is 2.68 bits per heavy atom. The van der Waals surface area contributed by atoms with E-state index < -0.39 is 15.9 Å². The molecule has 0 bridgehead atoms. The van der Waals surface area contributed by atoms with Gasteiger partial charge in [-0.25, -0.2) is 13.1 Å². The highest BCUT2D eigenvalue weighted by atomic mass is 32.2. The number of aromatic nitrogens is 4. The summed E-state index contributed by atoms with van der Waals surface area (Å²) in [5.74, 6) is -0.208. The molecule has 1 aromatic heterocycles. The molecular weight excluding hydrogens is 424 g/mol. The third-order valence-electron chi connectivity index (χ3n) is 4.73. The smallest absolute Gasteiger partial charge is 0.255 e. The summed E-state index contributed by atoms with van der Waals surface area (Å²) in [5, 5.41) is 13.7. The van der Waals surface area contributed by atoms with Gasteiger partial charge in [0.1, 0.15) is 17.0 Å². The Kier molecular flexibility index (Phi) is 5.93. The van der Waals surface area contributed by atoms with Crippen LogP contribution in [-0.2, 0) is 14.8 Å². The second-order valence-corrected chi connectivity index (χ2v) is 8.55. The van der Waals surface area contributed by atoms with Gasteiger partial charge in [0.25, 0.3) is 5.91 Å². The van der Waals surface area contributed by atoms with Crippen LogP contribution in [0.3, 0.4) is 0 Å². The highest BCUT2D eigenvalue weighted by molar-refractivity contribution is 7.89. The summed E-state index contributed by atoms with van der Waals surface area (Å²) in [6, 6.07) is 11.2. The normalized spacial score (nSPS) is 14.9. The summed E-state index contributed by atoms with van der Waals surface area (Å²) in [4.78, 5) is 12.8. The SMILES string of the molecule is COc1ccc(NC(=O)c2cccc(-n3cnnn3)c2)cc1S(=O)(=O)N1CCOCC1. The number of hydrogen-bond donors (Lipinski definition) is 1. The maximum Gasteiger partial charge on any atom is 0.255 e. The van der Waals surface area contributed by atoms with Gasteiger partial charge in [0.2, 0.25) is 10.0 Å². The van der Waals surface area contributed by atoms with Crippen LogP contribution in [0.15, 0.2) is 53.7 Å². The van der Waals surface area contributed by atoms with E-state index in [1.807, 2.05) is 0 Å². The van der Waals surface area contributed by atoms with E-state index in [1.165, 1.54) is 34.6 Å². The van der Waals surface area contributed by atoms with Crippen molar-refractivity contribution in [2.45, 2.75) is 4.90 Å². The minimum atomic E-state index is -3.81. The lowest BCUT2D eigenvalue weighted by molar-refractivity contribution is 0.0729. The number of methoxy groups -OCH3 is 1. The number of benzene rings is 2. The molecule has 12 heteroatoms. The molecule has 2 heterocycles. The molecule has 31 heavy (non-hydrogen) atoms. The molecule has 0 atom stereocenters. The number of tetrazole rings is 1. The summed E-state index contributed by atoms with van der Waals surface area (Å²) in [6.07, 6.45) is 1.42. The molecule has 162 valence electrons. The van der Waals surface area contributed by atoms with E-state index in [4.69, 9.17) is 9.47 Å². The van der Waals surface area contributed by atoms with E-state index in [1.54, 1.807) is 30.3 Å². The molecule has 0 spiro atoms. The van der Waals surface area contributed by atoms with Crippen LogP contribution in [0, 0.1) is 0 Å². The van der Waals surface area contributed by atoms with Crippen molar-refractivity contribution in [1.29, 1.82) is 0 Å². The predicted molar refractivity (Wildman–Crippen MR) is 110 cm³/mol. The Balaban J connectivity index is 1.60. The molecule has 4 rings (SSSR count). The maximum atomic E-state index is 13.1. The van der Waals surface area contributed by atoms with Crippen LogP contribution in [0.2, 0.25) is 0 Å². The molecule has 1 fully saturated rings. The number of anilines is 1. The van der Waals surface area contributed by atoms with Gasteiger partial charge in [-0.2, -0.15) is 4.31 Å². The van der Waals surface area contributed by atoms with Crippen molar-refractivity contribution in [2.24, 2.45) is 0 Å². The first-order valence-corrected chi connectivity index (χ1v) is 10.8. The van der Waals surface area contributed by atoms with E-state index >= 15 is 0 Å². The average Bonchev–Trinajstić information content (AvgIpc) is 3.35. The minimum absolute atomic E-state index is 0.0165. The molecule has 1 amide bonds. The fourth-order valence-electron chi connectivity index (χ4n) is 3.15. The van der Waals surface area contributed by atoms with E-state index in [0.717, 1.165) is 0 Å². The first kappa shape index (κ1) is 20.9. The highest BCUT2D eigenvalue weighted by Crippen LogP contribution is 2.30. The number of nitrogens with zero attached hydrogens (tertiary/aromatic N) is 5. The number of rotatable bonds is 6. The molecule has 0 saturated carbocycles. The molecule has 3 aromatic rings. The predicted octanol–water partition coefficient (Wildman–Crippen LogP) is 0.944. The standard InChI is InChI=1S/C19H20N6O5S/c1-29-17-6-5-15(12-18(17)31(27,28)24-7-9-30-10-8-24)21-19(26)14-3-2-4-16(11-14)25-13-20-22-23-25/h2-6,11-13H,7-10H2,1H3,(H,21,26). The van der Waals surface area contributed by atoms with Crippen molar-refractivity contribution in [3.05, 3.63) is 54.4 Å².